The molecule has 1 rings (SSSR count). The average Bonchev–Trinajstić information content (AvgIpc) is 2.27. The lowest BCUT2D eigenvalue weighted by molar-refractivity contribution is 0.141. The van der Waals surface area contributed by atoms with Gasteiger partial charge in [0.1, 0.15) is 0 Å². The van der Waals surface area contributed by atoms with Gasteiger partial charge >= 0.3 is 0 Å². The maximum atomic E-state index is 3.77. The summed E-state index contributed by atoms with van der Waals surface area (Å²) in [6, 6.07) is 0. The van der Waals surface area contributed by atoms with E-state index in [2.05, 4.69) is 36.7 Å². The predicted octanol–water partition coefficient (Wildman–Crippen LogP) is 5.79. The Labute approximate surface area is 111 Å². The predicted molar refractivity (Wildman–Crippen MR) is 77.2 cm³/mol. The van der Waals surface area contributed by atoms with Crippen molar-refractivity contribution in [3.63, 3.8) is 0 Å². The molecule has 1 fully saturated rings. The van der Waals surface area contributed by atoms with Gasteiger partial charge in [0.15, 0.2) is 0 Å². The molecule has 1 saturated carbocycles. The van der Waals surface area contributed by atoms with Gasteiger partial charge in [-0.3, -0.25) is 0 Å². The molecule has 0 unspecified atom stereocenters. The molecular weight excluding hydrogens is 260 g/mol. The van der Waals surface area contributed by atoms with Crippen molar-refractivity contribution in [2.45, 2.75) is 72.1 Å². The van der Waals surface area contributed by atoms with Crippen LogP contribution >= 0.6 is 15.9 Å². The minimum absolute atomic E-state index is 0.636. The quantitative estimate of drug-likeness (QED) is 0.542. The number of hydrogen-bond donors (Lipinski definition) is 0. The molecule has 16 heavy (non-hydrogen) atoms. The van der Waals surface area contributed by atoms with Crippen LogP contribution in [-0.4, -0.2) is 5.33 Å². The molecule has 0 bridgehead atoms. The van der Waals surface area contributed by atoms with Gasteiger partial charge in [0.25, 0.3) is 0 Å². The van der Waals surface area contributed by atoms with E-state index in [0.717, 1.165) is 11.8 Å². The lowest BCUT2D eigenvalue weighted by Crippen LogP contribution is -2.30. The van der Waals surface area contributed by atoms with E-state index in [1.807, 2.05) is 0 Å². The van der Waals surface area contributed by atoms with Gasteiger partial charge in [-0.2, -0.15) is 0 Å². The molecule has 0 saturated heterocycles. The van der Waals surface area contributed by atoms with Crippen LogP contribution in [0.25, 0.3) is 0 Å². The van der Waals surface area contributed by atoms with Gasteiger partial charge in [-0.25, -0.2) is 0 Å². The van der Waals surface area contributed by atoms with Crippen LogP contribution < -0.4 is 0 Å². The number of alkyl halides is 1. The summed E-state index contributed by atoms with van der Waals surface area (Å²) in [7, 11) is 0. The Kier molecular flexibility index (Phi) is 6.39. The first-order valence-corrected chi connectivity index (χ1v) is 8.30. The molecule has 0 spiro atoms. The molecule has 0 atom stereocenters. The highest BCUT2D eigenvalue weighted by atomic mass is 79.9. The molecule has 0 radical (unpaired) electrons. The van der Waals surface area contributed by atoms with E-state index in [1.54, 1.807) is 0 Å². The highest BCUT2D eigenvalue weighted by Gasteiger charge is 2.34. The summed E-state index contributed by atoms with van der Waals surface area (Å²) < 4.78 is 0. The van der Waals surface area contributed by atoms with Crippen LogP contribution in [-0.2, 0) is 0 Å². The molecule has 0 aromatic heterocycles. The topological polar surface area (TPSA) is 0 Å². The molecular formula is C15H29Br. The third kappa shape index (κ3) is 4.39. The van der Waals surface area contributed by atoms with Crippen molar-refractivity contribution in [2.24, 2.45) is 17.3 Å². The Hall–Kier alpha value is 0.480. The van der Waals surface area contributed by atoms with E-state index in [0.29, 0.717) is 5.41 Å². The third-order valence-electron chi connectivity index (χ3n) is 4.26. The van der Waals surface area contributed by atoms with E-state index in [1.165, 1.54) is 56.7 Å². The molecule has 1 aliphatic carbocycles. The summed E-state index contributed by atoms with van der Waals surface area (Å²) in [6.07, 6.45) is 11.6. The van der Waals surface area contributed by atoms with E-state index in [9.17, 15) is 0 Å². The van der Waals surface area contributed by atoms with E-state index in [-0.39, 0.29) is 0 Å². The highest BCUT2D eigenvalue weighted by Crippen LogP contribution is 2.45. The van der Waals surface area contributed by atoms with Gasteiger partial charge < -0.3 is 0 Å². The van der Waals surface area contributed by atoms with Crippen LogP contribution in [0.1, 0.15) is 72.1 Å². The van der Waals surface area contributed by atoms with E-state index < -0.39 is 0 Å². The molecule has 0 aromatic rings. The Balaban J connectivity index is 2.37. The van der Waals surface area contributed by atoms with Crippen LogP contribution in [0.5, 0.6) is 0 Å². The Morgan fingerprint density at radius 3 is 2.31 bits per heavy atom. The van der Waals surface area contributed by atoms with Gasteiger partial charge in [-0.05, 0) is 49.4 Å². The molecule has 1 heteroatoms. The van der Waals surface area contributed by atoms with Crippen molar-refractivity contribution in [3.8, 4) is 0 Å². The normalized spacial score (nSPS) is 30.9. The highest BCUT2D eigenvalue weighted by molar-refractivity contribution is 9.09. The minimum atomic E-state index is 0.636. The van der Waals surface area contributed by atoms with Gasteiger partial charge in [-0.15, -0.1) is 0 Å². The second kappa shape index (κ2) is 7.03. The monoisotopic (exact) mass is 288 g/mol. The summed E-state index contributed by atoms with van der Waals surface area (Å²) in [5.41, 5.74) is 0.636. The van der Waals surface area contributed by atoms with Gasteiger partial charge in [0.05, 0.1) is 0 Å². The molecule has 0 nitrogen and oxygen atoms in total. The molecule has 0 aromatic carbocycles. The summed E-state index contributed by atoms with van der Waals surface area (Å²) in [5, 5.41) is 1.22. The molecule has 1 aliphatic rings. The Morgan fingerprint density at radius 1 is 1.25 bits per heavy atom. The largest absolute Gasteiger partial charge is 0.0922 e. The fraction of sp³-hybridized carbons (Fsp3) is 1.00. The van der Waals surface area contributed by atoms with Crippen molar-refractivity contribution in [1.29, 1.82) is 0 Å². The maximum Gasteiger partial charge on any atom is 0.00880 e. The zero-order chi connectivity index (χ0) is 12.0. The summed E-state index contributed by atoms with van der Waals surface area (Å²) >= 11 is 3.77. The van der Waals surface area contributed by atoms with Gasteiger partial charge in [0, 0.05) is 5.33 Å². The molecule has 96 valence electrons. The minimum Gasteiger partial charge on any atom is -0.0922 e. The van der Waals surface area contributed by atoms with Crippen LogP contribution in [0.4, 0.5) is 0 Å². The van der Waals surface area contributed by atoms with Gasteiger partial charge in [0.2, 0.25) is 0 Å². The van der Waals surface area contributed by atoms with Gasteiger partial charge in [-0.1, -0.05) is 56.0 Å². The van der Waals surface area contributed by atoms with E-state index in [4.69, 9.17) is 0 Å². The lowest BCUT2D eigenvalue weighted by atomic mass is 9.67. The van der Waals surface area contributed by atoms with Crippen molar-refractivity contribution >= 4 is 15.9 Å². The first-order valence-electron chi connectivity index (χ1n) is 7.18. The zero-order valence-electron chi connectivity index (χ0n) is 11.4. The molecule has 0 heterocycles. The fourth-order valence-corrected chi connectivity index (χ4v) is 4.12. The smallest absolute Gasteiger partial charge is 0.00880 e. The maximum absolute atomic E-state index is 3.77. The number of unbranched alkanes of at least 4 members (excludes halogenated alkanes) is 1. The number of rotatable bonds is 6. The average molecular weight is 289 g/mol. The summed E-state index contributed by atoms with van der Waals surface area (Å²) in [6.45, 7) is 7.05. The molecule has 0 N–H and O–H groups in total. The first kappa shape index (κ1) is 14.5. The lowest BCUT2D eigenvalue weighted by Gasteiger charge is -2.40. The van der Waals surface area contributed by atoms with Crippen LogP contribution in [0.2, 0.25) is 0 Å². The standard InChI is InChI=1S/C15H29Br/c1-4-5-6-14-7-9-15(12-16,10-8-14)11-13(2)3/h13-14H,4-12H2,1-3H3. The van der Waals surface area contributed by atoms with Crippen molar-refractivity contribution in [3.05, 3.63) is 0 Å². The van der Waals surface area contributed by atoms with Crippen molar-refractivity contribution in [1.82, 2.24) is 0 Å². The number of hydrogen-bond acceptors (Lipinski definition) is 0. The van der Waals surface area contributed by atoms with Crippen molar-refractivity contribution in [2.75, 3.05) is 5.33 Å². The summed E-state index contributed by atoms with van der Waals surface area (Å²) in [5.74, 6) is 1.89. The second-order valence-electron chi connectivity index (χ2n) is 6.32. The fourth-order valence-electron chi connectivity index (χ4n) is 3.33. The third-order valence-corrected chi connectivity index (χ3v) is 5.45. The Morgan fingerprint density at radius 2 is 1.88 bits per heavy atom. The first-order chi connectivity index (χ1) is 7.62. The zero-order valence-corrected chi connectivity index (χ0v) is 13.0. The molecule has 0 amide bonds. The molecule has 0 aliphatic heterocycles. The van der Waals surface area contributed by atoms with Crippen molar-refractivity contribution < 1.29 is 0 Å². The second-order valence-corrected chi connectivity index (χ2v) is 6.88. The summed E-state index contributed by atoms with van der Waals surface area (Å²) in [4.78, 5) is 0. The van der Waals surface area contributed by atoms with Crippen LogP contribution in [0.15, 0.2) is 0 Å². The number of halogens is 1. The van der Waals surface area contributed by atoms with Crippen LogP contribution in [0.3, 0.4) is 0 Å². The SMILES string of the molecule is CCCCC1CCC(CBr)(CC(C)C)CC1. The Bertz CT molecular complexity index is 178. The van der Waals surface area contributed by atoms with Crippen LogP contribution in [0, 0.1) is 17.3 Å². The van der Waals surface area contributed by atoms with E-state index >= 15 is 0 Å².